The summed E-state index contributed by atoms with van der Waals surface area (Å²) in [7, 11) is 0. The fourth-order valence-electron chi connectivity index (χ4n) is 2.53. The molecule has 0 amide bonds. The van der Waals surface area contributed by atoms with Crippen LogP contribution in [0.25, 0.3) is 22.5 Å². The molecular weight excluding hydrogens is 290 g/mol. The van der Waals surface area contributed by atoms with Gasteiger partial charge in [-0.3, -0.25) is 0 Å². The first-order valence-corrected chi connectivity index (χ1v) is 6.66. The summed E-state index contributed by atoms with van der Waals surface area (Å²) in [5, 5.41) is 9.75. The average molecular weight is 303 g/mol. The van der Waals surface area contributed by atoms with E-state index in [-0.39, 0.29) is 6.61 Å². The number of aliphatic hydroxyl groups excluding tert-OH is 1. The number of fused-ring (bicyclic) bond motifs is 1. The minimum atomic E-state index is -0.646. The molecule has 4 heterocycles. The number of aromatic nitrogens is 4. The van der Waals surface area contributed by atoms with Gasteiger partial charge in [0.25, 0.3) is 0 Å². The molecule has 1 aliphatic heterocycles. The number of rotatable bonds is 3. The number of anilines is 1. The van der Waals surface area contributed by atoms with Gasteiger partial charge in [0.1, 0.15) is 24.1 Å². The number of hydrogen-bond acceptors (Lipinski definition) is 8. The minimum absolute atomic E-state index is 0.209. The summed E-state index contributed by atoms with van der Waals surface area (Å²) in [5.41, 5.74) is 7.25. The van der Waals surface area contributed by atoms with Crippen molar-refractivity contribution in [1.82, 2.24) is 19.5 Å². The summed E-state index contributed by atoms with van der Waals surface area (Å²) < 4.78 is 18.1. The second kappa shape index (κ2) is 5.05. The first kappa shape index (κ1) is 13.2. The van der Waals surface area contributed by atoms with Crippen LogP contribution in [-0.4, -0.2) is 44.1 Å². The second-order valence-corrected chi connectivity index (χ2v) is 4.78. The van der Waals surface area contributed by atoms with Crippen LogP contribution in [0.15, 0.2) is 29.4 Å². The third kappa shape index (κ3) is 1.95. The lowest BCUT2D eigenvalue weighted by molar-refractivity contribution is -0.0979. The van der Waals surface area contributed by atoms with Crippen molar-refractivity contribution in [2.75, 3.05) is 18.9 Å². The Bertz CT molecular complexity index is 800. The molecule has 1 saturated heterocycles. The Morgan fingerprint density at radius 1 is 1.36 bits per heavy atom. The molecule has 2 atom stereocenters. The molecule has 114 valence electrons. The van der Waals surface area contributed by atoms with E-state index in [2.05, 4.69) is 15.0 Å². The van der Waals surface area contributed by atoms with Crippen molar-refractivity contribution in [1.29, 1.82) is 0 Å². The van der Waals surface area contributed by atoms with Gasteiger partial charge in [0.15, 0.2) is 12.5 Å². The van der Waals surface area contributed by atoms with Crippen LogP contribution in [0.5, 0.6) is 0 Å². The Morgan fingerprint density at radius 2 is 2.27 bits per heavy atom. The first-order chi connectivity index (χ1) is 10.8. The van der Waals surface area contributed by atoms with Gasteiger partial charge in [-0.1, -0.05) is 0 Å². The highest BCUT2D eigenvalue weighted by atomic mass is 16.7. The molecule has 9 nitrogen and oxygen atoms in total. The van der Waals surface area contributed by atoms with Gasteiger partial charge in [0.2, 0.25) is 5.89 Å². The van der Waals surface area contributed by atoms with Crippen molar-refractivity contribution in [3.05, 3.63) is 25.0 Å². The normalized spacial score (nSPS) is 21.7. The van der Waals surface area contributed by atoms with Crippen LogP contribution in [0.3, 0.4) is 0 Å². The van der Waals surface area contributed by atoms with E-state index >= 15 is 0 Å². The molecule has 0 saturated carbocycles. The van der Waals surface area contributed by atoms with E-state index in [9.17, 15) is 0 Å². The average Bonchev–Trinajstić information content (AvgIpc) is 3.26. The van der Waals surface area contributed by atoms with E-state index in [0.717, 1.165) is 0 Å². The zero-order chi connectivity index (χ0) is 15.1. The molecule has 0 bridgehead atoms. The molecule has 1 fully saturated rings. The topological polar surface area (TPSA) is 121 Å². The number of aliphatic hydroxyl groups is 1. The maximum absolute atomic E-state index is 9.11. The Morgan fingerprint density at radius 3 is 3.00 bits per heavy atom. The molecule has 3 aromatic rings. The Kier molecular flexibility index (Phi) is 3.03. The van der Waals surface area contributed by atoms with Crippen LogP contribution in [0.1, 0.15) is 6.23 Å². The van der Waals surface area contributed by atoms with Crippen molar-refractivity contribution in [3.8, 4) is 11.5 Å². The van der Waals surface area contributed by atoms with E-state index in [1.54, 1.807) is 17.0 Å². The molecule has 9 heteroatoms. The smallest absolute Gasteiger partial charge is 0.228 e. The van der Waals surface area contributed by atoms with Gasteiger partial charge in [-0.2, -0.15) is 0 Å². The van der Waals surface area contributed by atoms with Crippen molar-refractivity contribution >= 4 is 16.9 Å². The Hall–Kier alpha value is -2.49. The predicted molar refractivity (Wildman–Crippen MR) is 74.4 cm³/mol. The van der Waals surface area contributed by atoms with Crippen molar-refractivity contribution in [3.63, 3.8) is 0 Å². The first-order valence-electron chi connectivity index (χ1n) is 6.66. The molecule has 0 aromatic carbocycles. The zero-order valence-electron chi connectivity index (χ0n) is 11.4. The number of ether oxygens (including phenoxy) is 2. The molecule has 3 aromatic heterocycles. The van der Waals surface area contributed by atoms with Gasteiger partial charge in [-0.25, -0.2) is 15.0 Å². The van der Waals surface area contributed by atoms with Crippen LogP contribution in [0.4, 0.5) is 5.82 Å². The summed E-state index contributed by atoms with van der Waals surface area (Å²) in [6.45, 7) is 0.0867. The Balaban J connectivity index is 1.88. The van der Waals surface area contributed by atoms with E-state index in [0.29, 0.717) is 34.9 Å². The largest absolute Gasteiger partial charge is 0.444 e. The van der Waals surface area contributed by atoms with E-state index in [1.807, 2.05) is 0 Å². The molecule has 4 rings (SSSR count). The van der Waals surface area contributed by atoms with Crippen molar-refractivity contribution in [2.24, 2.45) is 0 Å². The molecular formula is C13H13N5O4. The Labute approximate surface area is 124 Å². The van der Waals surface area contributed by atoms with E-state index < -0.39 is 12.5 Å². The SMILES string of the molecule is Nc1ncnc2c1c(-c1ncco1)cn2[C@H]1CO[C@@H](CO)O1. The quantitative estimate of drug-likeness (QED) is 0.718. The molecule has 0 aliphatic carbocycles. The number of nitrogens with two attached hydrogens (primary N) is 1. The summed E-state index contributed by atoms with van der Waals surface area (Å²) in [6.07, 6.45) is 5.14. The summed E-state index contributed by atoms with van der Waals surface area (Å²) in [5.74, 6) is 0.748. The predicted octanol–water partition coefficient (Wildman–Crippen LogP) is 0.532. The van der Waals surface area contributed by atoms with Gasteiger partial charge in [-0.15, -0.1) is 0 Å². The van der Waals surface area contributed by atoms with E-state index in [1.165, 1.54) is 12.6 Å². The van der Waals surface area contributed by atoms with Crippen LogP contribution < -0.4 is 5.73 Å². The van der Waals surface area contributed by atoms with Gasteiger partial charge in [0.05, 0.1) is 30.4 Å². The maximum atomic E-state index is 9.11. The fraction of sp³-hybridized carbons (Fsp3) is 0.308. The van der Waals surface area contributed by atoms with Gasteiger partial charge < -0.3 is 29.3 Å². The maximum Gasteiger partial charge on any atom is 0.228 e. The molecule has 0 unspecified atom stereocenters. The molecule has 3 N–H and O–H groups in total. The number of oxazole rings is 1. The van der Waals surface area contributed by atoms with Crippen LogP contribution in [-0.2, 0) is 9.47 Å². The lowest BCUT2D eigenvalue weighted by Crippen LogP contribution is -2.15. The fourth-order valence-corrected chi connectivity index (χ4v) is 2.53. The van der Waals surface area contributed by atoms with Gasteiger partial charge >= 0.3 is 0 Å². The summed E-state index contributed by atoms with van der Waals surface area (Å²) >= 11 is 0. The monoisotopic (exact) mass is 303 g/mol. The van der Waals surface area contributed by atoms with Gasteiger partial charge in [-0.05, 0) is 0 Å². The third-order valence-corrected chi connectivity index (χ3v) is 3.49. The zero-order valence-corrected chi connectivity index (χ0v) is 11.4. The minimum Gasteiger partial charge on any atom is -0.444 e. The molecule has 0 radical (unpaired) electrons. The third-order valence-electron chi connectivity index (χ3n) is 3.49. The van der Waals surface area contributed by atoms with Crippen LogP contribution in [0.2, 0.25) is 0 Å². The highest BCUT2D eigenvalue weighted by molar-refractivity contribution is 5.98. The highest BCUT2D eigenvalue weighted by Gasteiger charge is 2.30. The standard InChI is InChI=1S/C13H13N5O4/c14-11-10-7(13-15-1-2-20-13)3-18(12(10)17-6-16-11)8-5-21-9(4-19)22-8/h1-3,6,8-9,19H,4-5H2,(H2,14,16,17)/t8-,9-/m1/s1. The number of nitrogen functional groups attached to an aromatic ring is 1. The molecule has 1 aliphatic rings. The molecule has 0 spiro atoms. The van der Waals surface area contributed by atoms with Crippen molar-refractivity contribution in [2.45, 2.75) is 12.5 Å². The summed E-state index contributed by atoms with van der Waals surface area (Å²) in [4.78, 5) is 12.4. The summed E-state index contributed by atoms with van der Waals surface area (Å²) in [6, 6.07) is 0. The second-order valence-electron chi connectivity index (χ2n) is 4.78. The highest BCUT2D eigenvalue weighted by Crippen LogP contribution is 2.35. The lowest BCUT2D eigenvalue weighted by atomic mass is 10.2. The van der Waals surface area contributed by atoms with Crippen molar-refractivity contribution < 1.29 is 19.0 Å². The number of nitrogens with zero attached hydrogens (tertiary/aromatic N) is 4. The van der Waals surface area contributed by atoms with Gasteiger partial charge in [0, 0.05) is 6.20 Å². The molecule has 22 heavy (non-hydrogen) atoms. The lowest BCUT2D eigenvalue weighted by Gasteiger charge is -2.12. The number of hydrogen-bond donors (Lipinski definition) is 2. The van der Waals surface area contributed by atoms with E-state index in [4.69, 9.17) is 24.7 Å². The van der Waals surface area contributed by atoms with Crippen LogP contribution >= 0.6 is 0 Å². The van der Waals surface area contributed by atoms with Crippen LogP contribution in [0, 0.1) is 0 Å².